The number of halogens is 2. The van der Waals surface area contributed by atoms with E-state index in [2.05, 4.69) is 5.32 Å². The average Bonchev–Trinajstić information content (AvgIpc) is 2.45. The van der Waals surface area contributed by atoms with E-state index in [0.717, 1.165) is 6.42 Å². The Kier molecular flexibility index (Phi) is 4.83. The number of nitrogens with one attached hydrogen (secondary N) is 1. The number of hydrogen-bond donors (Lipinski definition) is 1. The minimum absolute atomic E-state index is 0.00671. The first-order valence-electron chi connectivity index (χ1n) is 6.95. The lowest BCUT2D eigenvalue weighted by atomic mass is 9.94. The van der Waals surface area contributed by atoms with Crippen LogP contribution in [0.3, 0.4) is 0 Å². The molecule has 2 rings (SSSR count). The lowest BCUT2D eigenvalue weighted by Crippen LogP contribution is -2.60. The van der Waals surface area contributed by atoms with Crippen molar-refractivity contribution in [2.45, 2.75) is 32.9 Å². The molecule has 2 unspecified atom stereocenters. The molecule has 1 aliphatic rings. The highest BCUT2D eigenvalue weighted by Crippen LogP contribution is 2.25. The Morgan fingerprint density at radius 2 is 2.19 bits per heavy atom. The molecule has 2 atom stereocenters. The average molecular weight is 313 g/mol. The van der Waals surface area contributed by atoms with E-state index in [0.29, 0.717) is 0 Å². The molecule has 0 bridgehead atoms. The Hall–Kier alpha value is -1.62. The number of amides is 2. The summed E-state index contributed by atoms with van der Waals surface area (Å²) >= 11 is 6.02. The first kappa shape index (κ1) is 15.8. The Labute approximate surface area is 128 Å². The molecule has 6 heteroatoms. The quantitative estimate of drug-likeness (QED) is 0.928. The Morgan fingerprint density at radius 1 is 1.48 bits per heavy atom. The lowest BCUT2D eigenvalue weighted by Gasteiger charge is -2.38. The van der Waals surface area contributed by atoms with Crippen molar-refractivity contribution in [3.63, 3.8) is 0 Å². The summed E-state index contributed by atoms with van der Waals surface area (Å²) in [5.74, 6) is -0.903. The summed E-state index contributed by atoms with van der Waals surface area (Å²) < 4.78 is 13.9. The molecule has 0 spiro atoms. The van der Waals surface area contributed by atoms with Gasteiger partial charge in [-0.25, -0.2) is 4.39 Å². The summed E-state index contributed by atoms with van der Waals surface area (Å²) in [5, 5.41) is 2.85. The molecule has 1 aromatic rings. The third kappa shape index (κ3) is 3.18. The third-order valence-electron chi connectivity index (χ3n) is 3.91. The summed E-state index contributed by atoms with van der Waals surface area (Å²) in [6, 6.07) is 3.80. The van der Waals surface area contributed by atoms with Crippen molar-refractivity contribution in [3.05, 3.63) is 34.6 Å². The van der Waals surface area contributed by atoms with Crippen LogP contribution < -0.4 is 5.32 Å². The lowest BCUT2D eigenvalue weighted by molar-refractivity contribution is -0.148. The maximum absolute atomic E-state index is 13.9. The summed E-state index contributed by atoms with van der Waals surface area (Å²) in [7, 11) is 0. The van der Waals surface area contributed by atoms with Gasteiger partial charge < -0.3 is 10.2 Å². The number of piperazine rings is 1. The molecule has 114 valence electrons. The van der Waals surface area contributed by atoms with Crippen LogP contribution in [0, 0.1) is 11.7 Å². The van der Waals surface area contributed by atoms with Gasteiger partial charge in [-0.05, 0) is 18.1 Å². The normalized spacial score (nSPS) is 20.4. The van der Waals surface area contributed by atoms with E-state index in [9.17, 15) is 14.0 Å². The second-order valence-corrected chi connectivity index (χ2v) is 5.68. The summed E-state index contributed by atoms with van der Waals surface area (Å²) in [4.78, 5) is 25.7. The Balaban J connectivity index is 2.33. The van der Waals surface area contributed by atoms with Crippen LogP contribution in [0.4, 0.5) is 4.39 Å². The molecule has 21 heavy (non-hydrogen) atoms. The van der Waals surface area contributed by atoms with Gasteiger partial charge in [0.05, 0.1) is 13.1 Å². The van der Waals surface area contributed by atoms with Crippen LogP contribution >= 0.6 is 11.6 Å². The minimum Gasteiger partial charge on any atom is -0.345 e. The standard InChI is InChI=1S/C15H18ClFN2O2/c1-3-9(2)14-15(21)18-7-13(20)19(14)8-10-11(16)5-4-6-12(10)17/h4-6,9,14H,3,7-8H2,1-2H3,(H,18,21). The van der Waals surface area contributed by atoms with Gasteiger partial charge in [-0.2, -0.15) is 0 Å². The monoisotopic (exact) mass is 312 g/mol. The highest BCUT2D eigenvalue weighted by atomic mass is 35.5. The maximum Gasteiger partial charge on any atom is 0.243 e. The van der Waals surface area contributed by atoms with E-state index >= 15 is 0 Å². The predicted molar refractivity (Wildman–Crippen MR) is 78.2 cm³/mol. The summed E-state index contributed by atoms with van der Waals surface area (Å²) in [6.45, 7) is 3.80. The molecule has 0 aliphatic carbocycles. The van der Waals surface area contributed by atoms with Crippen LogP contribution in [0.15, 0.2) is 18.2 Å². The van der Waals surface area contributed by atoms with Gasteiger partial charge in [0, 0.05) is 10.6 Å². The third-order valence-corrected chi connectivity index (χ3v) is 4.27. The molecule has 1 heterocycles. The predicted octanol–water partition coefficient (Wildman–Crippen LogP) is 2.35. The fourth-order valence-corrected chi connectivity index (χ4v) is 2.72. The number of nitrogens with zero attached hydrogens (tertiary/aromatic N) is 1. The highest BCUT2D eigenvalue weighted by Gasteiger charge is 2.37. The minimum atomic E-state index is -0.591. The molecule has 1 fully saturated rings. The van der Waals surface area contributed by atoms with E-state index in [-0.39, 0.29) is 41.4 Å². The first-order chi connectivity index (χ1) is 9.95. The Morgan fingerprint density at radius 3 is 2.81 bits per heavy atom. The Bertz CT molecular complexity index is 544. The van der Waals surface area contributed by atoms with Crippen LogP contribution in [-0.4, -0.2) is 29.3 Å². The van der Waals surface area contributed by atoms with Crippen LogP contribution in [0.1, 0.15) is 25.8 Å². The molecule has 4 nitrogen and oxygen atoms in total. The summed E-state index contributed by atoms with van der Waals surface area (Å²) in [6.07, 6.45) is 0.743. The largest absolute Gasteiger partial charge is 0.345 e. The fraction of sp³-hybridized carbons (Fsp3) is 0.467. The highest BCUT2D eigenvalue weighted by molar-refractivity contribution is 6.31. The number of carbonyl (C=O) groups is 2. The van der Waals surface area contributed by atoms with E-state index in [1.165, 1.54) is 17.0 Å². The second kappa shape index (κ2) is 6.43. The zero-order valence-corrected chi connectivity index (χ0v) is 12.8. The van der Waals surface area contributed by atoms with Crippen molar-refractivity contribution in [1.29, 1.82) is 0 Å². The molecular formula is C15H18ClFN2O2. The first-order valence-corrected chi connectivity index (χ1v) is 7.33. The van der Waals surface area contributed by atoms with E-state index < -0.39 is 11.9 Å². The van der Waals surface area contributed by atoms with Gasteiger partial charge in [0.15, 0.2) is 0 Å². The van der Waals surface area contributed by atoms with Crippen molar-refractivity contribution in [2.24, 2.45) is 5.92 Å². The summed E-state index contributed by atoms with van der Waals surface area (Å²) in [5.41, 5.74) is 0.246. The van der Waals surface area contributed by atoms with Crippen molar-refractivity contribution in [1.82, 2.24) is 10.2 Å². The van der Waals surface area contributed by atoms with Crippen LogP contribution in [0.2, 0.25) is 5.02 Å². The molecule has 1 N–H and O–H groups in total. The molecule has 1 aliphatic heterocycles. The van der Waals surface area contributed by atoms with Gasteiger partial charge in [-0.1, -0.05) is 37.9 Å². The molecule has 0 saturated carbocycles. The van der Waals surface area contributed by atoms with Gasteiger partial charge in [0.2, 0.25) is 11.8 Å². The number of carbonyl (C=O) groups excluding carboxylic acids is 2. The molecule has 0 radical (unpaired) electrons. The smallest absolute Gasteiger partial charge is 0.243 e. The zero-order valence-electron chi connectivity index (χ0n) is 12.0. The molecule has 1 saturated heterocycles. The van der Waals surface area contributed by atoms with Gasteiger partial charge >= 0.3 is 0 Å². The topological polar surface area (TPSA) is 49.4 Å². The van der Waals surface area contributed by atoms with Crippen LogP contribution in [0.25, 0.3) is 0 Å². The van der Waals surface area contributed by atoms with Crippen molar-refractivity contribution in [2.75, 3.05) is 6.54 Å². The van der Waals surface area contributed by atoms with Gasteiger partial charge in [-0.3, -0.25) is 9.59 Å². The SMILES string of the molecule is CCC(C)C1C(=O)NCC(=O)N1Cc1c(F)cccc1Cl. The van der Waals surface area contributed by atoms with Gasteiger partial charge in [0.25, 0.3) is 0 Å². The van der Waals surface area contributed by atoms with E-state index in [1.807, 2.05) is 13.8 Å². The van der Waals surface area contributed by atoms with Crippen molar-refractivity contribution in [3.8, 4) is 0 Å². The molecular weight excluding hydrogens is 295 g/mol. The molecule has 2 amide bonds. The van der Waals surface area contributed by atoms with Crippen LogP contribution in [0.5, 0.6) is 0 Å². The van der Waals surface area contributed by atoms with Gasteiger partial charge in [0.1, 0.15) is 11.9 Å². The van der Waals surface area contributed by atoms with Crippen molar-refractivity contribution < 1.29 is 14.0 Å². The maximum atomic E-state index is 13.9. The van der Waals surface area contributed by atoms with Gasteiger partial charge in [-0.15, -0.1) is 0 Å². The van der Waals surface area contributed by atoms with Crippen molar-refractivity contribution >= 4 is 23.4 Å². The number of benzene rings is 1. The number of hydrogen-bond acceptors (Lipinski definition) is 2. The molecule has 0 aromatic heterocycles. The van der Waals surface area contributed by atoms with E-state index in [4.69, 9.17) is 11.6 Å². The second-order valence-electron chi connectivity index (χ2n) is 5.27. The molecule has 1 aromatic carbocycles. The van der Waals surface area contributed by atoms with E-state index in [1.54, 1.807) is 6.07 Å². The van der Waals surface area contributed by atoms with Crippen LogP contribution in [-0.2, 0) is 16.1 Å². The number of rotatable bonds is 4. The zero-order chi connectivity index (χ0) is 15.6. The fourth-order valence-electron chi connectivity index (χ4n) is 2.49.